The Hall–Kier alpha value is -0.940. The molecule has 1 heterocycles. The van der Waals surface area contributed by atoms with Crippen molar-refractivity contribution in [2.75, 3.05) is 7.11 Å². The Bertz CT molecular complexity index is 393. The minimum atomic E-state index is -0.402. The molecule has 0 bridgehead atoms. The number of nitrogens with zero attached hydrogens (tertiary/aromatic N) is 1. The summed E-state index contributed by atoms with van der Waals surface area (Å²) in [5.41, 5.74) is 6.40. The average molecular weight is 242 g/mol. The fourth-order valence-electron chi connectivity index (χ4n) is 1.21. The number of rotatable bonds is 2. The van der Waals surface area contributed by atoms with Gasteiger partial charge >= 0.3 is 5.97 Å². The number of carbonyl (C=O) groups is 1. The van der Waals surface area contributed by atoms with Gasteiger partial charge in [0.25, 0.3) is 0 Å². The lowest BCUT2D eigenvalue weighted by atomic mass is 9.88. The van der Waals surface area contributed by atoms with Gasteiger partial charge in [0.05, 0.1) is 13.2 Å². The van der Waals surface area contributed by atoms with E-state index < -0.39 is 5.97 Å². The molecular formula is C11H18N2O2S. The van der Waals surface area contributed by atoms with Crippen LogP contribution in [0.3, 0.4) is 0 Å². The molecule has 0 radical (unpaired) electrons. The van der Waals surface area contributed by atoms with E-state index in [4.69, 9.17) is 5.73 Å². The van der Waals surface area contributed by atoms with Crippen molar-refractivity contribution in [3.8, 4) is 0 Å². The van der Waals surface area contributed by atoms with Crippen molar-refractivity contribution in [1.82, 2.24) is 4.98 Å². The summed E-state index contributed by atoms with van der Waals surface area (Å²) < 4.78 is 4.66. The molecule has 4 nitrogen and oxygen atoms in total. The van der Waals surface area contributed by atoms with Gasteiger partial charge in [0.2, 0.25) is 0 Å². The van der Waals surface area contributed by atoms with Crippen LogP contribution in [-0.2, 0) is 4.74 Å². The van der Waals surface area contributed by atoms with Crippen LogP contribution in [0, 0.1) is 12.3 Å². The number of ether oxygens (including phenoxy) is 1. The molecule has 0 saturated carbocycles. The van der Waals surface area contributed by atoms with Crippen LogP contribution in [0.25, 0.3) is 0 Å². The predicted octanol–water partition coefficient (Wildman–Crippen LogP) is 2.28. The van der Waals surface area contributed by atoms with Crippen molar-refractivity contribution in [3.05, 3.63) is 15.6 Å². The van der Waals surface area contributed by atoms with Crippen LogP contribution in [-0.4, -0.2) is 18.1 Å². The van der Waals surface area contributed by atoms with Crippen LogP contribution in [0.15, 0.2) is 0 Å². The summed E-state index contributed by atoms with van der Waals surface area (Å²) in [6.45, 7) is 7.99. The standard InChI is InChI=1S/C11H18N2O2S/c1-6-7(10(14)15-5)13-9(16-6)8(12)11(2,3)4/h8H,12H2,1-5H3. The number of esters is 1. The second-order valence-corrected chi connectivity index (χ2v) is 6.03. The molecular weight excluding hydrogens is 224 g/mol. The highest BCUT2D eigenvalue weighted by Crippen LogP contribution is 2.33. The van der Waals surface area contributed by atoms with Crippen LogP contribution in [0.2, 0.25) is 0 Å². The fraction of sp³-hybridized carbons (Fsp3) is 0.636. The smallest absolute Gasteiger partial charge is 0.357 e. The van der Waals surface area contributed by atoms with Gasteiger partial charge in [0, 0.05) is 4.88 Å². The lowest BCUT2D eigenvalue weighted by molar-refractivity contribution is 0.0593. The second-order valence-electron chi connectivity index (χ2n) is 4.79. The maximum absolute atomic E-state index is 11.4. The molecule has 1 aromatic rings. The van der Waals surface area contributed by atoms with E-state index in [9.17, 15) is 4.79 Å². The van der Waals surface area contributed by atoms with Crippen LogP contribution in [0.5, 0.6) is 0 Å². The highest BCUT2D eigenvalue weighted by molar-refractivity contribution is 7.12. The summed E-state index contributed by atoms with van der Waals surface area (Å²) >= 11 is 1.46. The first kappa shape index (κ1) is 13.1. The number of aryl methyl sites for hydroxylation is 1. The number of hydrogen-bond acceptors (Lipinski definition) is 5. The number of methoxy groups -OCH3 is 1. The van der Waals surface area contributed by atoms with Gasteiger partial charge in [0.15, 0.2) is 5.69 Å². The first-order valence-electron chi connectivity index (χ1n) is 5.08. The number of carbonyl (C=O) groups excluding carboxylic acids is 1. The van der Waals surface area contributed by atoms with Crippen molar-refractivity contribution in [3.63, 3.8) is 0 Å². The van der Waals surface area contributed by atoms with Gasteiger partial charge in [-0.15, -0.1) is 11.3 Å². The van der Waals surface area contributed by atoms with E-state index >= 15 is 0 Å². The van der Waals surface area contributed by atoms with Crippen molar-refractivity contribution in [2.45, 2.75) is 33.7 Å². The Morgan fingerprint density at radius 3 is 2.50 bits per heavy atom. The summed E-state index contributed by atoms with van der Waals surface area (Å²) in [5, 5.41) is 0.783. The molecule has 5 heteroatoms. The monoisotopic (exact) mass is 242 g/mol. The molecule has 16 heavy (non-hydrogen) atoms. The molecule has 1 aromatic heterocycles. The molecule has 0 aliphatic carbocycles. The van der Waals surface area contributed by atoms with E-state index in [1.165, 1.54) is 18.4 Å². The Balaban J connectivity index is 3.06. The maximum atomic E-state index is 11.4. The van der Waals surface area contributed by atoms with Crippen LogP contribution < -0.4 is 5.73 Å². The molecule has 0 spiro atoms. The molecule has 0 aromatic carbocycles. The molecule has 0 aliphatic rings. The highest BCUT2D eigenvalue weighted by atomic mass is 32.1. The third-order valence-corrected chi connectivity index (χ3v) is 3.44. The lowest BCUT2D eigenvalue weighted by Gasteiger charge is -2.24. The third kappa shape index (κ3) is 2.59. The van der Waals surface area contributed by atoms with E-state index in [1.54, 1.807) is 0 Å². The average Bonchev–Trinajstić information content (AvgIpc) is 2.56. The van der Waals surface area contributed by atoms with E-state index in [-0.39, 0.29) is 11.5 Å². The molecule has 0 saturated heterocycles. The van der Waals surface area contributed by atoms with Crippen molar-refractivity contribution >= 4 is 17.3 Å². The second kappa shape index (κ2) is 4.51. The first-order chi connectivity index (χ1) is 7.27. The molecule has 1 unspecified atom stereocenters. The van der Waals surface area contributed by atoms with Gasteiger partial charge in [-0.2, -0.15) is 0 Å². The predicted molar refractivity (Wildman–Crippen MR) is 64.6 cm³/mol. The summed E-state index contributed by atoms with van der Waals surface area (Å²) in [5.74, 6) is -0.402. The minimum Gasteiger partial charge on any atom is -0.464 e. The van der Waals surface area contributed by atoms with Gasteiger partial charge in [-0.3, -0.25) is 0 Å². The Kier molecular flexibility index (Phi) is 3.70. The lowest BCUT2D eigenvalue weighted by Crippen LogP contribution is -2.26. The number of aromatic nitrogens is 1. The Morgan fingerprint density at radius 1 is 1.50 bits per heavy atom. The zero-order valence-corrected chi connectivity index (χ0v) is 11.1. The molecule has 1 rings (SSSR count). The Labute approximate surface area is 99.8 Å². The normalized spacial score (nSPS) is 13.6. The summed E-state index contributed by atoms with van der Waals surface area (Å²) in [4.78, 5) is 16.5. The van der Waals surface area contributed by atoms with Crippen molar-refractivity contribution < 1.29 is 9.53 Å². The number of nitrogens with two attached hydrogens (primary N) is 1. The molecule has 0 amide bonds. The highest BCUT2D eigenvalue weighted by Gasteiger charge is 2.27. The molecule has 2 N–H and O–H groups in total. The van der Waals surface area contributed by atoms with Crippen molar-refractivity contribution in [2.24, 2.45) is 11.1 Å². The maximum Gasteiger partial charge on any atom is 0.357 e. The molecule has 0 fully saturated rings. The van der Waals surface area contributed by atoms with Gasteiger partial charge < -0.3 is 10.5 Å². The Morgan fingerprint density at radius 2 is 2.06 bits per heavy atom. The first-order valence-corrected chi connectivity index (χ1v) is 5.90. The summed E-state index contributed by atoms with van der Waals surface area (Å²) in [6, 6.07) is -0.172. The van der Waals surface area contributed by atoms with E-state index in [0.29, 0.717) is 5.69 Å². The zero-order chi connectivity index (χ0) is 12.5. The molecule has 1 atom stereocenters. The van der Waals surface area contributed by atoms with Gasteiger partial charge in [0.1, 0.15) is 5.01 Å². The minimum absolute atomic E-state index is 0.0717. The van der Waals surface area contributed by atoms with E-state index in [0.717, 1.165) is 9.88 Å². The molecule has 0 aliphatic heterocycles. The zero-order valence-electron chi connectivity index (χ0n) is 10.3. The van der Waals surface area contributed by atoms with Crippen LogP contribution in [0.4, 0.5) is 0 Å². The van der Waals surface area contributed by atoms with Crippen LogP contribution >= 0.6 is 11.3 Å². The van der Waals surface area contributed by atoms with Gasteiger partial charge in [-0.05, 0) is 12.3 Å². The number of thiazole rings is 1. The van der Waals surface area contributed by atoms with Crippen molar-refractivity contribution in [1.29, 1.82) is 0 Å². The fourth-order valence-corrected chi connectivity index (χ4v) is 2.36. The quantitative estimate of drug-likeness (QED) is 0.808. The molecule has 90 valence electrons. The van der Waals surface area contributed by atoms with Crippen LogP contribution in [0.1, 0.15) is 47.2 Å². The number of hydrogen-bond donors (Lipinski definition) is 1. The largest absolute Gasteiger partial charge is 0.464 e. The van der Waals surface area contributed by atoms with E-state index in [1.807, 2.05) is 27.7 Å². The summed E-state index contributed by atoms with van der Waals surface area (Å²) in [7, 11) is 1.35. The topological polar surface area (TPSA) is 65.2 Å². The summed E-state index contributed by atoms with van der Waals surface area (Å²) in [6.07, 6.45) is 0. The van der Waals surface area contributed by atoms with E-state index in [2.05, 4.69) is 9.72 Å². The van der Waals surface area contributed by atoms with Gasteiger partial charge in [-0.1, -0.05) is 20.8 Å². The third-order valence-electron chi connectivity index (χ3n) is 2.39. The van der Waals surface area contributed by atoms with Gasteiger partial charge in [-0.25, -0.2) is 9.78 Å². The SMILES string of the molecule is COC(=O)c1nc(C(N)C(C)(C)C)sc1C.